The van der Waals surface area contributed by atoms with E-state index in [9.17, 15) is 0 Å². The Morgan fingerprint density at radius 3 is 1.67 bits per heavy atom. The van der Waals surface area contributed by atoms with Crippen LogP contribution in [-0.2, 0) is 22.3 Å². The zero-order chi connectivity index (χ0) is 17.6. The van der Waals surface area contributed by atoms with E-state index in [2.05, 4.69) is 48.5 Å². The molecule has 0 aromatic heterocycles. The van der Waals surface area contributed by atoms with Gasteiger partial charge in [0, 0.05) is 24.0 Å². The molecule has 134 valence electrons. The van der Waals surface area contributed by atoms with Crippen molar-refractivity contribution in [2.75, 3.05) is 0 Å². The van der Waals surface area contributed by atoms with E-state index in [1.807, 2.05) is 0 Å². The topological polar surface area (TPSA) is 43.2 Å². The van der Waals surface area contributed by atoms with Gasteiger partial charge < -0.3 is 9.47 Å². The number of ether oxygens (including phenoxy) is 2. The molecule has 0 spiro atoms. The number of hydrogen-bond donors (Lipinski definition) is 0. The number of rotatable bonds is 2. The van der Waals surface area contributed by atoms with Crippen LogP contribution in [0.4, 0.5) is 0 Å². The molecule has 27 heavy (non-hydrogen) atoms. The summed E-state index contributed by atoms with van der Waals surface area (Å²) in [6.45, 7) is 0. The van der Waals surface area contributed by atoms with Gasteiger partial charge >= 0.3 is 0 Å². The second kappa shape index (κ2) is 4.94. The van der Waals surface area contributed by atoms with Gasteiger partial charge in [-0.3, -0.25) is 9.98 Å². The highest BCUT2D eigenvalue weighted by molar-refractivity contribution is 6.09. The SMILES string of the molecule is c1ccc2c(c1)C[C@H]1OC(C3(C4N=C5c6ccccc6C[C@H]5O4)CC3)N=C21. The average molecular weight is 356 g/mol. The third-order valence-corrected chi connectivity index (χ3v) is 6.92. The second-order valence-corrected chi connectivity index (χ2v) is 8.44. The Balaban J connectivity index is 1.22. The number of nitrogens with zero attached hydrogens (tertiary/aromatic N) is 2. The van der Waals surface area contributed by atoms with Gasteiger partial charge in [0.2, 0.25) is 0 Å². The zero-order valence-corrected chi connectivity index (χ0v) is 15.0. The minimum atomic E-state index is -0.116. The molecule has 4 nitrogen and oxygen atoms in total. The first-order valence-corrected chi connectivity index (χ1v) is 9.95. The van der Waals surface area contributed by atoms with Crippen LogP contribution in [0, 0.1) is 5.41 Å². The first-order valence-electron chi connectivity index (χ1n) is 9.95. The van der Waals surface area contributed by atoms with Crippen molar-refractivity contribution in [3.05, 3.63) is 70.8 Å². The second-order valence-electron chi connectivity index (χ2n) is 8.44. The van der Waals surface area contributed by atoms with E-state index < -0.39 is 0 Å². The molecular weight excluding hydrogens is 336 g/mol. The summed E-state index contributed by atoms with van der Waals surface area (Å²) in [5.41, 5.74) is 7.45. The highest BCUT2D eigenvalue weighted by Gasteiger charge is 2.62. The van der Waals surface area contributed by atoms with Crippen LogP contribution in [0.2, 0.25) is 0 Å². The Bertz CT molecular complexity index is 957. The van der Waals surface area contributed by atoms with Crippen LogP contribution in [-0.4, -0.2) is 36.1 Å². The summed E-state index contributed by atoms with van der Waals surface area (Å²) in [6.07, 6.45) is 4.04. The molecule has 2 unspecified atom stereocenters. The molecule has 4 atom stereocenters. The van der Waals surface area contributed by atoms with Crippen molar-refractivity contribution in [2.24, 2.45) is 15.4 Å². The molecule has 5 aliphatic rings. The number of hydrogen-bond acceptors (Lipinski definition) is 4. The van der Waals surface area contributed by atoms with Crippen LogP contribution >= 0.6 is 0 Å². The Kier molecular flexibility index (Phi) is 2.70. The Morgan fingerprint density at radius 2 is 1.19 bits per heavy atom. The van der Waals surface area contributed by atoms with E-state index in [4.69, 9.17) is 19.5 Å². The predicted octanol–water partition coefficient (Wildman–Crippen LogP) is 3.31. The van der Waals surface area contributed by atoms with Crippen LogP contribution in [0.25, 0.3) is 0 Å². The summed E-state index contributed by atoms with van der Waals surface area (Å²) >= 11 is 0. The van der Waals surface area contributed by atoms with Gasteiger partial charge in [0.15, 0.2) is 12.5 Å². The monoisotopic (exact) mass is 356 g/mol. The molecule has 4 heteroatoms. The first-order chi connectivity index (χ1) is 13.3. The fourth-order valence-electron chi connectivity index (χ4n) is 5.28. The van der Waals surface area contributed by atoms with Crippen LogP contribution in [0.15, 0.2) is 58.5 Å². The van der Waals surface area contributed by atoms with Gasteiger partial charge in [0.1, 0.15) is 12.2 Å². The third-order valence-electron chi connectivity index (χ3n) is 6.92. The van der Waals surface area contributed by atoms with Gasteiger partial charge in [-0.2, -0.15) is 0 Å². The van der Waals surface area contributed by atoms with Crippen molar-refractivity contribution >= 4 is 11.4 Å². The van der Waals surface area contributed by atoms with Gasteiger partial charge in [-0.05, 0) is 24.0 Å². The van der Waals surface area contributed by atoms with Crippen molar-refractivity contribution in [3.8, 4) is 0 Å². The van der Waals surface area contributed by atoms with E-state index in [-0.39, 0.29) is 30.1 Å². The average Bonchev–Trinajstić information content (AvgIpc) is 2.99. The van der Waals surface area contributed by atoms with Gasteiger partial charge in [-0.25, -0.2) is 0 Å². The van der Waals surface area contributed by atoms with Gasteiger partial charge in [0.25, 0.3) is 0 Å². The van der Waals surface area contributed by atoms with Crippen molar-refractivity contribution in [1.29, 1.82) is 0 Å². The highest BCUT2D eigenvalue weighted by Crippen LogP contribution is 2.58. The Morgan fingerprint density at radius 1 is 0.704 bits per heavy atom. The molecule has 2 heterocycles. The van der Waals surface area contributed by atoms with Crippen molar-refractivity contribution in [3.63, 3.8) is 0 Å². The molecule has 0 N–H and O–H groups in total. The molecule has 2 aliphatic heterocycles. The largest absolute Gasteiger partial charge is 0.346 e. The molecule has 0 amide bonds. The molecule has 0 bridgehead atoms. The standard InChI is InChI=1S/C23H20N2O2/c1-3-7-15-13(5-1)11-17-19(15)24-21(26-17)23(9-10-23)22-25-20-16-8-4-2-6-14(16)12-18(20)27-22/h1-8,17-18,21-22H,9-12H2/t17-,18-,21?,22?/m1/s1. The molecule has 1 saturated carbocycles. The van der Waals surface area contributed by atoms with Crippen LogP contribution in [0.5, 0.6) is 0 Å². The van der Waals surface area contributed by atoms with E-state index in [1.165, 1.54) is 22.3 Å². The van der Waals surface area contributed by atoms with Gasteiger partial charge in [0.05, 0.1) is 16.8 Å². The minimum Gasteiger partial charge on any atom is -0.346 e. The zero-order valence-electron chi connectivity index (χ0n) is 15.0. The maximum atomic E-state index is 6.45. The fraction of sp³-hybridized carbons (Fsp3) is 0.391. The number of aliphatic imine (C=N–C) groups is 2. The molecule has 7 rings (SSSR count). The summed E-state index contributed by atoms with van der Waals surface area (Å²) in [5, 5.41) is 0. The third kappa shape index (κ3) is 1.90. The minimum absolute atomic E-state index is 0.0709. The maximum absolute atomic E-state index is 6.45. The van der Waals surface area contributed by atoms with Crippen LogP contribution in [0.3, 0.4) is 0 Å². The van der Waals surface area contributed by atoms with E-state index >= 15 is 0 Å². The lowest BCUT2D eigenvalue weighted by Crippen LogP contribution is -2.34. The molecular formula is C23H20N2O2. The molecule has 0 radical (unpaired) electrons. The summed E-state index contributed by atoms with van der Waals surface area (Å²) in [4.78, 5) is 10.1. The number of benzene rings is 2. The maximum Gasteiger partial charge on any atom is 0.159 e. The molecule has 0 saturated heterocycles. The number of fused-ring (bicyclic) bond motifs is 6. The van der Waals surface area contributed by atoms with Gasteiger partial charge in [-0.1, -0.05) is 48.5 Å². The summed E-state index contributed by atoms with van der Waals surface area (Å²) < 4.78 is 12.9. The smallest absolute Gasteiger partial charge is 0.159 e. The molecule has 2 aromatic rings. The molecule has 2 aromatic carbocycles. The summed E-state index contributed by atoms with van der Waals surface area (Å²) in [6, 6.07) is 17.1. The molecule has 3 aliphatic carbocycles. The van der Waals surface area contributed by atoms with E-state index in [0.29, 0.717) is 0 Å². The lowest BCUT2D eigenvalue weighted by molar-refractivity contribution is -0.0729. The van der Waals surface area contributed by atoms with Crippen molar-refractivity contribution in [1.82, 2.24) is 0 Å². The quantitative estimate of drug-likeness (QED) is 0.829. The van der Waals surface area contributed by atoms with E-state index in [0.717, 1.165) is 37.1 Å². The van der Waals surface area contributed by atoms with Crippen molar-refractivity contribution in [2.45, 2.75) is 50.3 Å². The summed E-state index contributed by atoms with van der Waals surface area (Å²) in [5.74, 6) is 0. The lowest BCUT2D eigenvalue weighted by Gasteiger charge is -2.26. The van der Waals surface area contributed by atoms with E-state index in [1.54, 1.807) is 0 Å². The van der Waals surface area contributed by atoms with Gasteiger partial charge in [-0.15, -0.1) is 0 Å². The Hall–Kier alpha value is -2.30. The highest BCUT2D eigenvalue weighted by atomic mass is 16.5. The first kappa shape index (κ1) is 14.7. The predicted molar refractivity (Wildman–Crippen MR) is 102 cm³/mol. The summed E-state index contributed by atoms with van der Waals surface area (Å²) in [7, 11) is 0. The lowest BCUT2D eigenvalue weighted by atomic mass is 10.0. The normalized spacial score (nSPS) is 33.8. The van der Waals surface area contributed by atoms with Crippen LogP contribution in [0.1, 0.15) is 35.1 Å². The van der Waals surface area contributed by atoms with Crippen LogP contribution < -0.4 is 0 Å². The molecule has 1 fully saturated rings. The fourth-order valence-corrected chi connectivity index (χ4v) is 5.28. The van der Waals surface area contributed by atoms with Crippen molar-refractivity contribution < 1.29 is 9.47 Å². The Labute approximate surface area is 157 Å².